The van der Waals surface area contributed by atoms with Crippen LogP contribution in [0.2, 0.25) is 0 Å². The fraction of sp³-hybridized carbons (Fsp3) is 0.517. The van der Waals surface area contributed by atoms with Crippen LogP contribution < -0.4 is 15.1 Å². The van der Waals surface area contributed by atoms with Crippen LogP contribution in [0.25, 0.3) is 0 Å². The average Bonchev–Trinajstić information content (AvgIpc) is 3.61. The fourth-order valence-electron chi connectivity index (χ4n) is 3.12. The van der Waals surface area contributed by atoms with Crippen molar-refractivity contribution in [2.45, 2.75) is 67.4 Å². The van der Waals surface area contributed by atoms with Gasteiger partial charge >= 0.3 is 27.2 Å². The van der Waals surface area contributed by atoms with Crippen molar-refractivity contribution < 1.29 is 119 Å². The molecule has 1 aromatic carbocycles. The van der Waals surface area contributed by atoms with E-state index in [2.05, 4.69) is 50.2 Å². The Balaban J connectivity index is -0.0000000719. The van der Waals surface area contributed by atoms with Crippen LogP contribution in [0, 0.1) is 63.2 Å². The van der Waals surface area contributed by atoms with E-state index in [1.807, 2.05) is 46.5 Å². The zero-order chi connectivity index (χ0) is 25.8. The molecule has 2 atom stereocenters. The molecule has 1 aliphatic carbocycles. The monoisotopic (exact) mass is 1090 g/mol. The van der Waals surface area contributed by atoms with E-state index in [0.29, 0.717) is 18.8 Å². The third-order valence-electron chi connectivity index (χ3n) is 4.59. The zero-order valence-electron chi connectivity index (χ0n) is 25.2. The van der Waals surface area contributed by atoms with Gasteiger partial charge in [-0.05, 0) is 13.1 Å². The molecule has 0 bridgehead atoms. The fourth-order valence-corrected chi connectivity index (χ4v) is 3.12. The van der Waals surface area contributed by atoms with Gasteiger partial charge in [0, 0.05) is 106 Å². The van der Waals surface area contributed by atoms with E-state index in [-0.39, 0.29) is 140 Å². The van der Waals surface area contributed by atoms with Gasteiger partial charge in [0.2, 0.25) is 5.91 Å². The van der Waals surface area contributed by atoms with Crippen LogP contribution in [0.15, 0.2) is 30.4 Å². The van der Waals surface area contributed by atoms with Gasteiger partial charge in [-0.25, -0.2) is 22.6 Å². The Morgan fingerprint density at radius 3 is 2.07 bits per heavy atom. The summed E-state index contributed by atoms with van der Waals surface area (Å²) < 4.78 is 5.26. The Kier molecular flexibility index (Phi) is 61.5. The summed E-state index contributed by atoms with van der Waals surface area (Å²) in [5.41, 5.74) is 1.65. The smallest absolute Gasteiger partial charge is 0.443 e. The van der Waals surface area contributed by atoms with Gasteiger partial charge in [-0.2, -0.15) is 24.6 Å². The van der Waals surface area contributed by atoms with Gasteiger partial charge in [-0.3, -0.25) is 23.0 Å². The number of carbonyl (C=O) groups excluding carboxylic acids is 2. The number of benzene rings is 1. The first-order chi connectivity index (χ1) is 16.6. The molecular weight excluding hydrogens is 1040 g/mol. The summed E-state index contributed by atoms with van der Waals surface area (Å²) in [7, 11) is 2.42. The summed E-state index contributed by atoms with van der Waals surface area (Å²) in [6, 6.07) is 10.0. The van der Waals surface area contributed by atoms with E-state index in [4.69, 9.17) is 4.74 Å². The molecule has 5 radical (unpaired) electrons. The second-order valence-electron chi connectivity index (χ2n) is 6.76. The Morgan fingerprint density at radius 2 is 1.68 bits per heavy atom. The van der Waals surface area contributed by atoms with Gasteiger partial charge < -0.3 is 45.8 Å². The second-order valence-corrected chi connectivity index (χ2v) is 6.76. The van der Waals surface area contributed by atoms with Gasteiger partial charge in [-0.1, -0.05) is 41.8 Å². The maximum atomic E-state index is 12.0. The van der Waals surface area contributed by atoms with Gasteiger partial charge in [0.1, 0.15) is 6.10 Å². The Bertz CT molecular complexity index is 760. The number of piperidine rings is 1. The molecule has 2 heterocycles. The minimum absolute atomic E-state index is 0. The number of hydrogen-bond acceptors (Lipinski definition) is 4. The first-order valence-corrected chi connectivity index (χ1v) is 13.3. The summed E-state index contributed by atoms with van der Waals surface area (Å²) >= 11 is 0. The van der Waals surface area contributed by atoms with Crippen molar-refractivity contribution >= 4 is 41.0 Å². The number of hydrogen-bond donors (Lipinski definition) is 1. The summed E-state index contributed by atoms with van der Waals surface area (Å²) in [6.45, 7) is 14.1. The number of anilines is 2. The third-order valence-corrected chi connectivity index (χ3v) is 4.59. The quantitative estimate of drug-likeness (QED) is 0.217. The average molecular weight is 1090 g/mol. The number of allylic oxidation sites excluding steroid dienone is 4. The van der Waals surface area contributed by atoms with E-state index in [1.165, 1.54) is 6.92 Å². The summed E-state index contributed by atoms with van der Waals surface area (Å²) in [5, 5.41) is 2.66. The molecule has 41 heavy (non-hydrogen) atoms. The number of rotatable bonds is 4. The number of nitrogens with zero attached hydrogens (tertiary/aromatic N) is 2. The van der Waals surface area contributed by atoms with E-state index < -0.39 is 6.09 Å². The minimum Gasteiger partial charge on any atom is -0.443 e. The maximum absolute atomic E-state index is 12.0. The van der Waals surface area contributed by atoms with Crippen LogP contribution >= 0.6 is 9.24 Å². The molecule has 2 aliphatic heterocycles. The number of amides is 2. The van der Waals surface area contributed by atoms with Crippen molar-refractivity contribution in [1.29, 1.82) is 0 Å². The molecule has 12 heteroatoms. The molecule has 0 spiro atoms. The molecule has 2 saturated heterocycles. The molecule has 0 saturated carbocycles. The molecule has 229 valence electrons. The van der Waals surface area contributed by atoms with Crippen LogP contribution in [-0.4, -0.2) is 59.4 Å². The second kappa shape index (κ2) is 41.2. The Morgan fingerprint density at radius 1 is 1.17 bits per heavy atom. The maximum Gasteiger partial charge on any atom is 2.00 e. The van der Waals surface area contributed by atoms with E-state index in [0.717, 1.165) is 38.0 Å². The van der Waals surface area contributed by atoms with Crippen molar-refractivity contribution in [2.75, 3.05) is 42.6 Å². The first kappa shape index (κ1) is 61.2. The number of ether oxygens (including phenoxy) is 1. The molecule has 2 fully saturated rings. The predicted octanol–water partition coefficient (Wildman–Crippen LogP) is 6.35. The first-order valence-electron chi connectivity index (χ1n) is 12.2. The van der Waals surface area contributed by atoms with Crippen LogP contribution in [0.1, 0.15) is 62.7 Å². The van der Waals surface area contributed by atoms with Crippen LogP contribution in [0.3, 0.4) is 0 Å². The molecule has 4 rings (SSSR count). The Labute approximate surface area is 334 Å². The van der Waals surface area contributed by atoms with Crippen LogP contribution in [-0.2, 0) is 81.9 Å². The molecule has 2 amide bonds. The SMILES string of the molecule is C.CC.CC.CC(=O)NCC1CN(c2c[c-]c(N3CC[CH-]CC3)[c-]c2)C(=O)O1.CP.[2HH].[B].[C-]1=CC=CC1.[CH3-].[U].[V].[W+2].[Y]. The number of nitrogens with one attached hydrogen (secondary N) is 1. The molecule has 2 unspecified atom stereocenters. The van der Waals surface area contributed by atoms with Gasteiger partial charge in [0.15, 0.2) is 0 Å². The topological polar surface area (TPSA) is 61.9 Å². The van der Waals surface area contributed by atoms with Gasteiger partial charge in [0.25, 0.3) is 0 Å². The number of cyclic esters (lactones) is 1. The summed E-state index contributed by atoms with van der Waals surface area (Å²) in [5.74, 6) is -0.135. The van der Waals surface area contributed by atoms with Crippen molar-refractivity contribution in [2.24, 2.45) is 0 Å². The van der Waals surface area contributed by atoms with Gasteiger partial charge in [0.05, 0.1) is 6.54 Å². The number of carbonyl (C=O) groups is 2. The normalized spacial score (nSPS) is 14.5. The molecule has 3 aliphatic rings. The molecule has 6 nitrogen and oxygen atoms in total. The third kappa shape index (κ3) is 26.1. The van der Waals surface area contributed by atoms with Crippen molar-refractivity contribution in [3.63, 3.8) is 0 Å². The minimum atomic E-state index is -0.400. The summed E-state index contributed by atoms with van der Waals surface area (Å²) in [6.07, 6.45) is 13.7. The van der Waals surface area contributed by atoms with E-state index >= 15 is 0 Å². The van der Waals surface area contributed by atoms with Gasteiger partial charge in [-0.15, -0.1) is 15.7 Å². The zero-order valence-corrected chi connectivity index (χ0v) is 37.7. The van der Waals surface area contributed by atoms with Crippen molar-refractivity contribution in [3.05, 3.63) is 62.4 Å². The summed E-state index contributed by atoms with van der Waals surface area (Å²) in [4.78, 5) is 26.7. The van der Waals surface area contributed by atoms with E-state index in [9.17, 15) is 9.59 Å². The van der Waals surface area contributed by atoms with Crippen LogP contribution in [0.4, 0.5) is 16.2 Å². The standard InChI is InChI=1S/C17H20N3O3.C5H5.2C2H6.CH5P.CH4.CH3.B.U.V.W.Y.H2/c1-13(21)18-11-16-12-20(17(22)23-16)15-7-5-14(6-8-15)19-9-3-2-4-10-19;1-2-4-5-3-1;3*1-2;;;;;;;;/h2,7-8,16H,3-4,9-12H2,1H3,(H,18,21);1-3H,4H2;2*1-2H3;2H2,1H3;1H4;1H3;;;;;;1H/q-3;-1;;;;;-1;;;;+2;;/i;;;;;;;;;;;;1+1. The molecular formula is C29H51BN3O3PUVWY-3. The molecule has 1 N–H and O–H groups in total. The van der Waals surface area contributed by atoms with Crippen LogP contribution in [0.5, 0.6) is 0 Å². The predicted molar refractivity (Wildman–Crippen MR) is 167 cm³/mol. The molecule has 1 aromatic rings. The van der Waals surface area contributed by atoms with Crippen molar-refractivity contribution in [3.8, 4) is 0 Å². The Hall–Kier alpha value is 1.16. The molecule has 0 aromatic heterocycles. The largest absolute Gasteiger partial charge is 2.00 e. The van der Waals surface area contributed by atoms with Crippen molar-refractivity contribution in [1.82, 2.24) is 5.32 Å². The van der Waals surface area contributed by atoms with E-state index in [1.54, 1.807) is 17.0 Å².